The van der Waals surface area contributed by atoms with Crippen molar-refractivity contribution in [2.45, 2.75) is 13.5 Å². The molecule has 5 heteroatoms. The molecule has 2 aromatic rings. The Morgan fingerprint density at radius 1 is 1.30 bits per heavy atom. The fourth-order valence-corrected chi connectivity index (χ4v) is 2.09. The molecule has 2 heterocycles. The van der Waals surface area contributed by atoms with Crippen LogP contribution in [0.3, 0.4) is 0 Å². The largest absolute Gasteiger partial charge is 0.454 e. The molecule has 0 saturated heterocycles. The second kappa shape index (κ2) is 5.10. The van der Waals surface area contributed by atoms with Crippen LogP contribution in [0.1, 0.15) is 16.8 Å². The summed E-state index contributed by atoms with van der Waals surface area (Å²) in [6.45, 7) is 2.67. The molecule has 0 atom stereocenters. The zero-order valence-electron chi connectivity index (χ0n) is 11.0. The van der Waals surface area contributed by atoms with Gasteiger partial charge in [-0.05, 0) is 25.1 Å². The number of hydrogen-bond acceptors (Lipinski definition) is 5. The molecule has 0 aliphatic carbocycles. The maximum atomic E-state index is 9.09. The summed E-state index contributed by atoms with van der Waals surface area (Å²) in [7, 11) is 0. The number of aryl methyl sites for hydroxylation is 1. The molecule has 0 bridgehead atoms. The highest BCUT2D eigenvalue weighted by molar-refractivity contribution is 5.54. The summed E-state index contributed by atoms with van der Waals surface area (Å²) in [5.74, 6) is 2.09. The summed E-state index contributed by atoms with van der Waals surface area (Å²) < 4.78 is 10.8. The molecule has 0 radical (unpaired) electrons. The van der Waals surface area contributed by atoms with Gasteiger partial charge in [-0.3, -0.25) is 0 Å². The van der Waals surface area contributed by atoms with E-state index in [1.54, 1.807) is 6.07 Å². The van der Waals surface area contributed by atoms with Crippen molar-refractivity contribution >= 4 is 5.82 Å². The van der Waals surface area contributed by atoms with Crippen LogP contribution >= 0.6 is 0 Å². The molecule has 0 amide bonds. The standard InChI is InChI=1S/C15H13N3O2/c1-10-5-6-11(7-16)15(18-10)17-8-12-3-2-4-13-14(12)20-9-19-13/h2-6H,8-9H2,1H3,(H,17,18). The van der Waals surface area contributed by atoms with Crippen molar-refractivity contribution in [1.29, 1.82) is 5.26 Å². The first-order valence-corrected chi connectivity index (χ1v) is 6.27. The van der Waals surface area contributed by atoms with E-state index in [0.717, 1.165) is 22.8 Å². The highest BCUT2D eigenvalue weighted by atomic mass is 16.7. The second-order valence-corrected chi connectivity index (χ2v) is 4.47. The Kier molecular flexibility index (Phi) is 3.13. The third-order valence-corrected chi connectivity index (χ3v) is 3.08. The molecule has 1 aliphatic heterocycles. The van der Waals surface area contributed by atoms with E-state index in [1.807, 2.05) is 31.2 Å². The van der Waals surface area contributed by atoms with Crippen LogP contribution in [0.25, 0.3) is 0 Å². The van der Waals surface area contributed by atoms with Crippen LogP contribution in [-0.4, -0.2) is 11.8 Å². The van der Waals surface area contributed by atoms with Crippen LogP contribution in [0.5, 0.6) is 11.5 Å². The van der Waals surface area contributed by atoms with E-state index in [9.17, 15) is 0 Å². The first-order valence-electron chi connectivity index (χ1n) is 6.27. The van der Waals surface area contributed by atoms with Crippen molar-refractivity contribution in [1.82, 2.24) is 4.98 Å². The van der Waals surface area contributed by atoms with Gasteiger partial charge in [-0.25, -0.2) is 4.98 Å². The van der Waals surface area contributed by atoms with Gasteiger partial charge in [0, 0.05) is 17.8 Å². The fraction of sp³-hybridized carbons (Fsp3) is 0.200. The molecule has 0 spiro atoms. The highest BCUT2D eigenvalue weighted by Crippen LogP contribution is 2.35. The van der Waals surface area contributed by atoms with Crippen LogP contribution in [0, 0.1) is 18.3 Å². The minimum Gasteiger partial charge on any atom is -0.454 e. The van der Waals surface area contributed by atoms with Crippen LogP contribution in [-0.2, 0) is 6.54 Å². The summed E-state index contributed by atoms with van der Waals surface area (Å²) in [4.78, 5) is 4.35. The molecule has 1 N–H and O–H groups in total. The molecule has 0 saturated carbocycles. The van der Waals surface area contributed by atoms with E-state index < -0.39 is 0 Å². The number of benzene rings is 1. The van der Waals surface area contributed by atoms with Gasteiger partial charge in [0.25, 0.3) is 0 Å². The molecule has 100 valence electrons. The Labute approximate surface area is 116 Å². The topological polar surface area (TPSA) is 67.2 Å². The molecule has 1 aromatic heterocycles. The third-order valence-electron chi connectivity index (χ3n) is 3.08. The Morgan fingerprint density at radius 2 is 2.20 bits per heavy atom. The lowest BCUT2D eigenvalue weighted by Gasteiger charge is -2.10. The number of hydrogen-bond donors (Lipinski definition) is 1. The molecule has 1 aliphatic rings. The molecular weight excluding hydrogens is 254 g/mol. The average molecular weight is 267 g/mol. The number of ether oxygens (including phenoxy) is 2. The molecule has 3 rings (SSSR count). The van der Waals surface area contributed by atoms with E-state index in [2.05, 4.69) is 16.4 Å². The lowest BCUT2D eigenvalue weighted by molar-refractivity contribution is 0.173. The van der Waals surface area contributed by atoms with Crippen LogP contribution in [0.2, 0.25) is 0 Å². The van der Waals surface area contributed by atoms with Crippen molar-refractivity contribution in [3.63, 3.8) is 0 Å². The van der Waals surface area contributed by atoms with Gasteiger partial charge < -0.3 is 14.8 Å². The quantitative estimate of drug-likeness (QED) is 0.925. The number of nitriles is 1. The Hall–Kier alpha value is -2.74. The van der Waals surface area contributed by atoms with E-state index in [1.165, 1.54) is 0 Å². The van der Waals surface area contributed by atoms with Gasteiger partial charge in [0.2, 0.25) is 6.79 Å². The predicted octanol–water partition coefficient (Wildman–Crippen LogP) is 2.60. The van der Waals surface area contributed by atoms with E-state index >= 15 is 0 Å². The van der Waals surface area contributed by atoms with Gasteiger partial charge >= 0.3 is 0 Å². The lowest BCUT2D eigenvalue weighted by Crippen LogP contribution is -2.05. The Balaban J connectivity index is 1.83. The van der Waals surface area contributed by atoms with Crippen LogP contribution < -0.4 is 14.8 Å². The van der Waals surface area contributed by atoms with Crippen LogP contribution in [0.15, 0.2) is 30.3 Å². The molecule has 1 aromatic carbocycles. The Bertz CT molecular complexity index is 692. The van der Waals surface area contributed by atoms with Gasteiger partial charge in [0.1, 0.15) is 11.9 Å². The number of nitrogens with zero attached hydrogens (tertiary/aromatic N) is 2. The number of pyridine rings is 1. The summed E-state index contributed by atoms with van der Waals surface area (Å²) in [5.41, 5.74) is 2.37. The van der Waals surface area contributed by atoms with Gasteiger partial charge in [-0.1, -0.05) is 12.1 Å². The highest BCUT2D eigenvalue weighted by Gasteiger charge is 2.17. The maximum absolute atomic E-state index is 9.09. The molecule has 20 heavy (non-hydrogen) atoms. The third kappa shape index (κ3) is 2.24. The predicted molar refractivity (Wildman–Crippen MR) is 73.6 cm³/mol. The number of rotatable bonds is 3. The van der Waals surface area contributed by atoms with Crippen molar-refractivity contribution in [3.8, 4) is 17.6 Å². The number of aromatic nitrogens is 1. The number of para-hydroxylation sites is 1. The van der Waals surface area contributed by atoms with Gasteiger partial charge in [0.05, 0.1) is 5.56 Å². The maximum Gasteiger partial charge on any atom is 0.231 e. The van der Waals surface area contributed by atoms with E-state index in [4.69, 9.17) is 14.7 Å². The number of anilines is 1. The van der Waals surface area contributed by atoms with Gasteiger partial charge in [-0.2, -0.15) is 5.26 Å². The van der Waals surface area contributed by atoms with Crippen LogP contribution in [0.4, 0.5) is 5.82 Å². The van der Waals surface area contributed by atoms with Crippen molar-refractivity contribution in [3.05, 3.63) is 47.2 Å². The zero-order valence-corrected chi connectivity index (χ0v) is 11.0. The number of nitrogens with one attached hydrogen (secondary N) is 1. The van der Waals surface area contributed by atoms with Gasteiger partial charge in [-0.15, -0.1) is 0 Å². The van der Waals surface area contributed by atoms with Crippen molar-refractivity contribution < 1.29 is 9.47 Å². The Morgan fingerprint density at radius 3 is 3.05 bits per heavy atom. The lowest BCUT2D eigenvalue weighted by atomic mass is 10.2. The summed E-state index contributed by atoms with van der Waals surface area (Å²) in [6.07, 6.45) is 0. The molecular formula is C15H13N3O2. The van der Waals surface area contributed by atoms with Crippen molar-refractivity contribution in [2.24, 2.45) is 0 Å². The SMILES string of the molecule is Cc1ccc(C#N)c(NCc2cccc3c2OCO3)n1. The minimum absolute atomic E-state index is 0.248. The summed E-state index contributed by atoms with van der Waals surface area (Å²) >= 11 is 0. The average Bonchev–Trinajstić information content (AvgIpc) is 2.94. The molecule has 0 fully saturated rings. The zero-order chi connectivity index (χ0) is 13.9. The summed E-state index contributed by atoms with van der Waals surface area (Å²) in [6, 6.07) is 11.5. The van der Waals surface area contributed by atoms with Crippen molar-refractivity contribution in [2.75, 3.05) is 12.1 Å². The minimum atomic E-state index is 0.248. The summed E-state index contributed by atoms with van der Waals surface area (Å²) in [5, 5.41) is 12.3. The van der Waals surface area contributed by atoms with E-state index in [-0.39, 0.29) is 6.79 Å². The number of fused-ring (bicyclic) bond motifs is 1. The first kappa shape index (κ1) is 12.3. The molecule has 0 unspecified atom stereocenters. The van der Waals surface area contributed by atoms with Gasteiger partial charge in [0.15, 0.2) is 11.5 Å². The molecule has 5 nitrogen and oxygen atoms in total. The monoisotopic (exact) mass is 267 g/mol. The fourth-order valence-electron chi connectivity index (χ4n) is 2.09. The second-order valence-electron chi connectivity index (χ2n) is 4.47. The normalized spacial score (nSPS) is 12.0. The first-order chi connectivity index (χ1) is 9.78. The smallest absolute Gasteiger partial charge is 0.231 e. The van der Waals surface area contributed by atoms with E-state index in [0.29, 0.717) is 17.9 Å².